The Hall–Kier alpha value is -3.11. The number of rotatable bonds is 3. The maximum atomic E-state index is 12.6. The molecule has 8 nitrogen and oxygen atoms in total. The van der Waals surface area contributed by atoms with E-state index in [4.69, 9.17) is 4.74 Å². The van der Waals surface area contributed by atoms with Crippen LogP contribution in [0.5, 0.6) is 5.75 Å². The largest absolute Gasteiger partial charge is 0.494 e. The van der Waals surface area contributed by atoms with Crippen molar-refractivity contribution >= 4 is 54.7 Å². The minimum atomic E-state index is -0.481. The minimum absolute atomic E-state index is 0.0785. The third kappa shape index (κ3) is 2.98. The number of hydrogen-bond donors (Lipinski definition) is 0. The number of para-hydroxylation sites is 1. The number of nitro benzene ring substituents is 1. The van der Waals surface area contributed by atoms with Gasteiger partial charge in [-0.1, -0.05) is 23.5 Å². The van der Waals surface area contributed by atoms with Crippen molar-refractivity contribution in [3.05, 3.63) is 56.3 Å². The van der Waals surface area contributed by atoms with Gasteiger partial charge in [-0.25, -0.2) is 4.98 Å². The molecule has 4 aromatic rings. The first kappa shape index (κ1) is 17.3. The number of methoxy groups -OCH3 is 1. The number of aryl methyl sites for hydroxylation is 1. The van der Waals surface area contributed by atoms with Gasteiger partial charge in [-0.15, -0.1) is 11.3 Å². The molecule has 4 rings (SSSR count). The Bertz CT molecular complexity index is 1250. The molecule has 0 fully saturated rings. The molecule has 0 unspecified atom stereocenters. The molecule has 2 aromatic heterocycles. The minimum Gasteiger partial charge on any atom is -0.494 e. The van der Waals surface area contributed by atoms with E-state index >= 15 is 0 Å². The van der Waals surface area contributed by atoms with Gasteiger partial charge in [0.15, 0.2) is 15.6 Å². The van der Waals surface area contributed by atoms with Crippen molar-refractivity contribution in [3.8, 4) is 5.75 Å². The van der Waals surface area contributed by atoms with Crippen molar-refractivity contribution in [2.24, 2.45) is 12.0 Å². The molecule has 0 N–H and O–H groups in total. The zero-order chi connectivity index (χ0) is 19.1. The van der Waals surface area contributed by atoms with Crippen molar-refractivity contribution in [2.45, 2.75) is 0 Å². The van der Waals surface area contributed by atoms with Gasteiger partial charge in [0.1, 0.15) is 5.52 Å². The fraction of sp³-hybridized carbons (Fsp3) is 0.118. The lowest BCUT2D eigenvalue weighted by atomic mass is 10.2. The van der Waals surface area contributed by atoms with Crippen molar-refractivity contribution in [1.29, 1.82) is 0 Å². The van der Waals surface area contributed by atoms with E-state index < -0.39 is 10.8 Å². The maximum absolute atomic E-state index is 12.6. The molecular formula is C17H12N4O4S2. The fourth-order valence-corrected chi connectivity index (χ4v) is 4.61. The molecule has 0 aliphatic carbocycles. The number of carbonyl (C=O) groups excluding carboxylic acids is 1. The second kappa shape index (κ2) is 6.56. The summed E-state index contributed by atoms with van der Waals surface area (Å²) in [4.78, 5) is 32.1. The molecule has 0 saturated heterocycles. The lowest BCUT2D eigenvalue weighted by molar-refractivity contribution is -0.384. The van der Waals surface area contributed by atoms with Crippen molar-refractivity contribution in [2.75, 3.05) is 7.11 Å². The van der Waals surface area contributed by atoms with Crippen LogP contribution in [0.3, 0.4) is 0 Å². The summed E-state index contributed by atoms with van der Waals surface area (Å²) in [5, 5.41) is 11.4. The van der Waals surface area contributed by atoms with Crippen LogP contribution in [0.1, 0.15) is 9.80 Å². The predicted molar refractivity (Wildman–Crippen MR) is 104 cm³/mol. The lowest BCUT2D eigenvalue weighted by Gasteiger charge is -2.03. The van der Waals surface area contributed by atoms with E-state index in [1.807, 2.05) is 24.3 Å². The molecule has 0 atom stereocenters. The highest BCUT2D eigenvalue weighted by Crippen LogP contribution is 2.32. The molecule has 2 heterocycles. The van der Waals surface area contributed by atoms with Crippen LogP contribution >= 0.6 is 22.7 Å². The average molecular weight is 400 g/mol. The van der Waals surface area contributed by atoms with Crippen LogP contribution in [0.2, 0.25) is 0 Å². The first-order valence-electron chi connectivity index (χ1n) is 7.74. The van der Waals surface area contributed by atoms with Gasteiger partial charge >= 0.3 is 5.91 Å². The Morgan fingerprint density at radius 3 is 2.74 bits per heavy atom. The SMILES string of the molecule is COc1cc([N+](=O)[O-])cc2sc(=NC(=O)c3nc4ccccc4s3)n(C)c12. The molecule has 0 bridgehead atoms. The van der Waals surface area contributed by atoms with Crippen LogP contribution in [0.15, 0.2) is 41.4 Å². The second-order valence-corrected chi connectivity index (χ2v) is 7.64. The maximum Gasteiger partial charge on any atom is 0.308 e. The highest BCUT2D eigenvalue weighted by molar-refractivity contribution is 7.20. The summed E-state index contributed by atoms with van der Waals surface area (Å²) in [6, 6.07) is 10.3. The Morgan fingerprint density at radius 2 is 2.04 bits per heavy atom. The molecule has 2 aromatic carbocycles. The number of nitro groups is 1. The summed E-state index contributed by atoms with van der Waals surface area (Å²) in [6.07, 6.45) is 0. The van der Waals surface area contributed by atoms with Crippen molar-refractivity contribution in [3.63, 3.8) is 0 Å². The molecule has 0 spiro atoms. The molecular weight excluding hydrogens is 388 g/mol. The first-order valence-corrected chi connectivity index (χ1v) is 9.38. The summed E-state index contributed by atoms with van der Waals surface area (Å²) >= 11 is 2.46. The topological polar surface area (TPSA) is 99.6 Å². The molecule has 1 amide bonds. The summed E-state index contributed by atoms with van der Waals surface area (Å²) in [5.74, 6) is -0.0985. The fourth-order valence-electron chi connectivity index (χ4n) is 2.70. The number of hydrogen-bond acceptors (Lipinski definition) is 7. The number of non-ortho nitro benzene ring substituents is 1. The summed E-state index contributed by atoms with van der Waals surface area (Å²) < 4.78 is 8.50. The van der Waals surface area contributed by atoms with Crippen LogP contribution in [-0.4, -0.2) is 27.5 Å². The van der Waals surface area contributed by atoms with Crippen LogP contribution in [0.25, 0.3) is 20.4 Å². The van der Waals surface area contributed by atoms with E-state index in [1.165, 1.54) is 41.9 Å². The molecule has 0 aliphatic heterocycles. The van der Waals surface area contributed by atoms with E-state index in [0.717, 1.165) is 10.2 Å². The smallest absolute Gasteiger partial charge is 0.308 e. The zero-order valence-electron chi connectivity index (χ0n) is 14.2. The first-order chi connectivity index (χ1) is 13.0. The number of fused-ring (bicyclic) bond motifs is 2. The van der Waals surface area contributed by atoms with Gasteiger partial charge in [-0.05, 0) is 12.1 Å². The second-order valence-electron chi connectivity index (χ2n) is 5.60. The van der Waals surface area contributed by atoms with Crippen LogP contribution < -0.4 is 9.54 Å². The number of benzene rings is 2. The van der Waals surface area contributed by atoms with E-state index in [0.29, 0.717) is 25.8 Å². The van der Waals surface area contributed by atoms with Gasteiger partial charge in [-0.2, -0.15) is 4.99 Å². The van der Waals surface area contributed by atoms with Gasteiger partial charge in [0, 0.05) is 13.1 Å². The van der Waals surface area contributed by atoms with Gasteiger partial charge in [-0.3, -0.25) is 14.9 Å². The quantitative estimate of drug-likeness (QED) is 0.387. The van der Waals surface area contributed by atoms with Gasteiger partial charge in [0.05, 0.1) is 33.0 Å². The molecule has 0 aliphatic rings. The van der Waals surface area contributed by atoms with Crippen LogP contribution in [0, 0.1) is 10.1 Å². The van der Waals surface area contributed by atoms with Crippen molar-refractivity contribution in [1.82, 2.24) is 9.55 Å². The Kier molecular flexibility index (Phi) is 4.21. The number of thiazole rings is 2. The Labute approximate surface area is 160 Å². The summed E-state index contributed by atoms with van der Waals surface area (Å²) in [6.45, 7) is 0. The van der Waals surface area contributed by atoms with Gasteiger partial charge in [0.25, 0.3) is 5.69 Å². The van der Waals surface area contributed by atoms with Crippen LogP contribution in [-0.2, 0) is 7.05 Å². The van der Waals surface area contributed by atoms with E-state index in [2.05, 4.69) is 9.98 Å². The summed E-state index contributed by atoms with van der Waals surface area (Å²) in [7, 11) is 3.18. The molecule has 10 heteroatoms. The highest BCUT2D eigenvalue weighted by Gasteiger charge is 2.18. The zero-order valence-corrected chi connectivity index (χ0v) is 15.8. The molecule has 27 heavy (non-hydrogen) atoms. The molecule has 0 saturated carbocycles. The number of amides is 1. The van der Waals surface area contributed by atoms with Crippen molar-refractivity contribution < 1.29 is 14.5 Å². The predicted octanol–water partition coefficient (Wildman–Crippen LogP) is 3.51. The molecule has 136 valence electrons. The number of aromatic nitrogens is 2. The highest BCUT2D eigenvalue weighted by atomic mass is 32.1. The van der Waals surface area contributed by atoms with Gasteiger partial charge < -0.3 is 9.30 Å². The van der Waals surface area contributed by atoms with E-state index in [1.54, 1.807) is 11.6 Å². The van der Waals surface area contributed by atoms with Crippen LogP contribution in [0.4, 0.5) is 5.69 Å². The lowest BCUT2D eigenvalue weighted by Crippen LogP contribution is -2.13. The Balaban J connectivity index is 1.86. The van der Waals surface area contributed by atoms with E-state index in [9.17, 15) is 14.9 Å². The number of nitrogens with zero attached hydrogens (tertiary/aromatic N) is 4. The third-order valence-corrected chi connectivity index (χ3v) is 6.06. The molecule has 0 radical (unpaired) electrons. The summed E-state index contributed by atoms with van der Waals surface area (Å²) in [5.41, 5.74) is 1.31. The third-order valence-electron chi connectivity index (χ3n) is 3.95. The number of ether oxygens (including phenoxy) is 1. The average Bonchev–Trinajstić information content (AvgIpc) is 3.22. The Morgan fingerprint density at radius 1 is 1.26 bits per heavy atom. The van der Waals surface area contributed by atoms with E-state index in [-0.39, 0.29) is 5.69 Å². The normalized spacial score (nSPS) is 12.0. The standard InChI is InChI=1S/C17H12N4O4S2/c1-20-14-11(25-2)7-9(21(23)24)8-13(14)27-17(20)19-15(22)16-18-10-5-3-4-6-12(10)26-16/h3-8H,1-2H3. The number of carbonyl (C=O) groups is 1. The monoisotopic (exact) mass is 400 g/mol. The van der Waals surface area contributed by atoms with Gasteiger partial charge in [0.2, 0.25) is 0 Å².